The Bertz CT molecular complexity index is 2810. The van der Waals surface area contributed by atoms with Gasteiger partial charge in [0.05, 0.1) is 0 Å². The Labute approximate surface area is 306 Å². The van der Waals surface area contributed by atoms with Crippen molar-refractivity contribution in [1.29, 1.82) is 0 Å². The zero-order valence-corrected chi connectivity index (χ0v) is 28.6. The number of hydrogen-bond donors (Lipinski definition) is 0. The van der Waals surface area contributed by atoms with Gasteiger partial charge in [-0.25, -0.2) is 15.0 Å². The standard InChI is InChI=1S/C49H31N3O/c1-3-9-32(10-4-1)35-15-20-37(21-16-35)47-50-48(38-22-17-36(18-23-38)33-11-5-2-6-12-33)52-49(51-47)42-25-27-43-44-30-41(26-28-45(44)53-46(43)31-42)40-24-19-34-13-7-8-14-39(34)29-40/h1-31H. The molecule has 10 rings (SSSR count). The summed E-state index contributed by atoms with van der Waals surface area (Å²) in [6.45, 7) is 0. The van der Waals surface area contributed by atoms with Crippen molar-refractivity contribution in [3.8, 4) is 67.5 Å². The van der Waals surface area contributed by atoms with E-state index in [2.05, 4.69) is 170 Å². The molecule has 4 heteroatoms. The van der Waals surface area contributed by atoms with E-state index in [1.165, 1.54) is 16.3 Å². The summed E-state index contributed by atoms with van der Waals surface area (Å²) in [6.07, 6.45) is 0. The van der Waals surface area contributed by atoms with Gasteiger partial charge in [0.1, 0.15) is 11.2 Å². The summed E-state index contributed by atoms with van der Waals surface area (Å²) < 4.78 is 6.44. The summed E-state index contributed by atoms with van der Waals surface area (Å²) in [5, 5.41) is 4.58. The molecule has 2 aromatic heterocycles. The lowest BCUT2D eigenvalue weighted by molar-refractivity contribution is 0.669. The van der Waals surface area contributed by atoms with Gasteiger partial charge in [-0.2, -0.15) is 0 Å². The summed E-state index contributed by atoms with van der Waals surface area (Å²) in [7, 11) is 0. The van der Waals surface area contributed by atoms with Gasteiger partial charge in [-0.05, 0) is 74.5 Å². The molecule has 248 valence electrons. The minimum absolute atomic E-state index is 0.587. The molecule has 0 unspecified atom stereocenters. The first-order chi connectivity index (χ1) is 26.2. The van der Waals surface area contributed by atoms with E-state index in [0.717, 1.165) is 66.4 Å². The first-order valence-electron chi connectivity index (χ1n) is 17.8. The number of nitrogens with zero attached hydrogens (tertiary/aromatic N) is 3. The van der Waals surface area contributed by atoms with Crippen LogP contribution in [0.2, 0.25) is 0 Å². The Morgan fingerprint density at radius 2 is 0.717 bits per heavy atom. The van der Waals surface area contributed by atoms with Crippen molar-refractivity contribution in [1.82, 2.24) is 15.0 Å². The second-order valence-electron chi connectivity index (χ2n) is 13.3. The van der Waals surface area contributed by atoms with Crippen LogP contribution in [0.3, 0.4) is 0 Å². The third kappa shape index (κ3) is 5.82. The number of benzene rings is 8. The maximum Gasteiger partial charge on any atom is 0.164 e. The van der Waals surface area contributed by atoms with Crippen LogP contribution in [-0.2, 0) is 0 Å². The van der Waals surface area contributed by atoms with E-state index in [1.807, 2.05) is 18.2 Å². The Hall–Kier alpha value is -7.17. The van der Waals surface area contributed by atoms with Gasteiger partial charge in [0.25, 0.3) is 0 Å². The fourth-order valence-electron chi connectivity index (χ4n) is 7.11. The Balaban J connectivity index is 1.06. The highest BCUT2D eigenvalue weighted by Gasteiger charge is 2.16. The fourth-order valence-corrected chi connectivity index (χ4v) is 7.11. The summed E-state index contributed by atoms with van der Waals surface area (Å²) in [4.78, 5) is 15.1. The third-order valence-corrected chi connectivity index (χ3v) is 9.95. The van der Waals surface area contributed by atoms with Gasteiger partial charge < -0.3 is 4.42 Å². The quantitative estimate of drug-likeness (QED) is 0.176. The topological polar surface area (TPSA) is 51.8 Å². The summed E-state index contributed by atoms with van der Waals surface area (Å²) >= 11 is 0. The highest BCUT2D eigenvalue weighted by atomic mass is 16.3. The van der Waals surface area contributed by atoms with Crippen molar-refractivity contribution < 1.29 is 4.42 Å². The number of fused-ring (bicyclic) bond motifs is 4. The molecule has 0 atom stereocenters. The van der Waals surface area contributed by atoms with Gasteiger partial charge in [0.2, 0.25) is 0 Å². The van der Waals surface area contributed by atoms with Gasteiger partial charge in [0, 0.05) is 27.5 Å². The SMILES string of the molecule is c1ccc(-c2ccc(-c3nc(-c4ccc(-c5ccccc5)cc4)nc(-c4ccc5c(c4)oc4ccc(-c6ccc7ccccc7c6)cc45)n3)cc2)cc1. The smallest absolute Gasteiger partial charge is 0.164 e. The lowest BCUT2D eigenvalue weighted by atomic mass is 9.99. The van der Waals surface area contributed by atoms with Crippen molar-refractivity contribution in [2.75, 3.05) is 0 Å². The van der Waals surface area contributed by atoms with Crippen LogP contribution in [0.5, 0.6) is 0 Å². The van der Waals surface area contributed by atoms with Gasteiger partial charge in [-0.3, -0.25) is 0 Å². The van der Waals surface area contributed by atoms with Gasteiger partial charge in [0.15, 0.2) is 17.5 Å². The average Bonchev–Trinajstić information content (AvgIpc) is 3.61. The molecule has 0 spiro atoms. The maximum absolute atomic E-state index is 6.44. The van der Waals surface area contributed by atoms with Crippen LogP contribution in [0.1, 0.15) is 0 Å². The predicted molar refractivity (Wildman–Crippen MR) is 217 cm³/mol. The van der Waals surface area contributed by atoms with Crippen LogP contribution in [0, 0.1) is 0 Å². The zero-order chi connectivity index (χ0) is 35.1. The lowest BCUT2D eigenvalue weighted by Gasteiger charge is -2.10. The van der Waals surface area contributed by atoms with Gasteiger partial charge in [-0.1, -0.05) is 158 Å². The molecular weight excluding hydrogens is 647 g/mol. The van der Waals surface area contributed by atoms with Crippen molar-refractivity contribution in [2.45, 2.75) is 0 Å². The minimum atomic E-state index is 0.587. The largest absolute Gasteiger partial charge is 0.456 e. The summed E-state index contributed by atoms with van der Waals surface area (Å²) in [6, 6.07) is 65.3. The van der Waals surface area contributed by atoms with E-state index in [9.17, 15) is 0 Å². The highest BCUT2D eigenvalue weighted by molar-refractivity contribution is 6.07. The molecule has 10 aromatic rings. The lowest BCUT2D eigenvalue weighted by Crippen LogP contribution is -2.00. The molecular formula is C49H31N3O. The third-order valence-electron chi connectivity index (χ3n) is 9.95. The zero-order valence-electron chi connectivity index (χ0n) is 28.6. The molecule has 0 radical (unpaired) electrons. The van der Waals surface area contributed by atoms with Crippen molar-refractivity contribution in [2.24, 2.45) is 0 Å². The Morgan fingerprint density at radius 3 is 1.34 bits per heavy atom. The second kappa shape index (κ2) is 12.9. The van der Waals surface area contributed by atoms with Crippen LogP contribution in [-0.4, -0.2) is 15.0 Å². The van der Waals surface area contributed by atoms with Crippen molar-refractivity contribution in [3.63, 3.8) is 0 Å². The Kier molecular flexibility index (Phi) is 7.43. The molecule has 0 bridgehead atoms. The number of aromatic nitrogens is 3. The van der Waals surface area contributed by atoms with Crippen LogP contribution in [0.25, 0.3) is 100 Å². The first-order valence-corrected chi connectivity index (χ1v) is 17.8. The van der Waals surface area contributed by atoms with Crippen LogP contribution < -0.4 is 0 Å². The molecule has 0 amide bonds. The normalized spacial score (nSPS) is 11.4. The Morgan fingerprint density at radius 1 is 0.264 bits per heavy atom. The number of furan rings is 1. The number of hydrogen-bond acceptors (Lipinski definition) is 4. The fraction of sp³-hybridized carbons (Fsp3) is 0. The average molecular weight is 678 g/mol. The van der Waals surface area contributed by atoms with Crippen LogP contribution >= 0.6 is 0 Å². The maximum atomic E-state index is 6.44. The first kappa shape index (κ1) is 30.6. The van der Waals surface area contributed by atoms with E-state index < -0.39 is 0 Å². The van der Waals surface area contributed by atoms with E-state index in [-0.39, 0.29) is 0 Å². The minimum Gasteiger partial charge on any atom is -0.456 e. The second-order valence-corrected chi connectivity index (χ2v) is 13.3. The van der Waals surface area contributed by atoms with Crippen LogP contribution in [0.4, 0.5) is 0 Å². The molecule has 0 N–H and O–H groups in total. The van der Waals surface area contributed by atoms with E-state index in [4.69, 9.17) is 19.4 Å². The monoisotopic (exact) mass is 677 g/mol. The molecule has 2 heterocycles. The molecule has 4 nitrogen and oxygen atoms in total. The molecule has 0 aliphatic heterocycles. The van der Waals surface area contributed by atoms with E-state index >= 15 is 0 Å². The number of rotatable bonds is 6. The molecule has 0 aliphatic carbocycles. The summed E-state index contributed by atoms with van der Waals surface area (Å²) in [5.41, 5.74) is 11.3. The van der Waals surface area contributed by atoms with E-state index in [0.29, 0.717) is 17.5 Å². The van der Waals surface area contributed by atoms with Crippen molar-refractivity contribution in [3.05, 3.63) is 188 Å². The van der Waals surface area contributed by atoms with Gasteiger partial charge >= 0.3 is 0 Å². The molecule has 0 fully saturated rings. The molecule has 53 heavy (non-hydrogen) atoms. The molecule has 0 saturated heterocycles. The predicted octanol–water partition coefficient (Wildman–Crippen LogP) is 12.9. The molecule has 0 saturated carbocycles. The molecule has 0 aliphatic rings. The molecule has 8 aromatic carbocycles. The summed E-state index contributed by atoms with van der Waals surface area (Å²) in [5.74, 6) is 1.81. The van der Waals surface area contributed by atoms with Crippen LogP contribution in [0.15, 0.2) is 192 Å². The van der Waals surface area contributed by atoms with E-state index in [1.54, 1.807) is 0 Å². The van der Waals surface area contributed by atoms with Gasteiger partial charge in [-0.15, -0.1) is 0 Å². The van der Waals surface area contributed by atoms with Crippen molar-refractivity contribution >= 4 is 32.7 Å². The highest BCUT2D eigenvalue weighted by Crippen LogP contribution is 2.36.